The van der Waals surface area contributed by atoms with Gasteiger partial charge in [-0.3, -0.25) is 4.90 Å². The van der Waals surface area contributed by atoms with E-state index in [0.29, 0.717) is 25.1 Å². The second-order valence-electron chi connectivity index (χ2n) is 6.45. The highest BCUT2D eigenvalue weighted by Gasteiger charge is 2.25. The van der Waals surface area contributed by atoms with Crippen molar-refractivity contribution in [2.75, 3.05) is 32.8 Å². The normalized spacial score (nSPS) is 19.3. The Kier molecular flexibility index (Phi) is 6.50. The van der Waals surface area contributed by atoms with Gasteiger partial charge in [-0.1, -0.05) is 13.8 Å². The molecule has 1 atom stereocenters. The second kappa shape index (κ2) is 8.22. The van der Waals surface area contributed by atoms with Crippen LogP contribution in [-0.4, -0.2) is 63.3 Å². The van der Waals surface area contributed by atoms with Crippen molar-refractivity contribution in [1.82, 2.24) is 9.62 Å². The molecule has 1 saturated heterocycles. The van der Waals surface area contributed by atoms with Crippen LogP contribution in [0.25, 0.3) is 0 Å². The predicted molar refractivity (Wildman–Crippen MR) is 89.6 cm³/mol. The molecule has 0 saturated carbocycles. The molecule has 1 aromatic carbocycles. The Hall–Kier alpha value is -1.55. The Labute approximate surface area is 146 Å². The maximum atomic E-state index is 14.0. The number of ether oxygens (including phenoxy) is 1. The molecule has 0 radical (unpaired) electrons. The zero-order valence-corrected chi connectivity index (χ0v) is 15.1. The lowest BCUT2D eigenvalue weighted by Crippen LogP contribution is -2.48. The van der Waals surface area contributed by atoms with Gasteiger partial charge in [0.25, 0.3) is 0 Å². The van der Waals surface area contributed by atoms with Crippen molar-refractivity contribution in [3.05, 3.63) is 29.6 Å². The highest BCUT2D eigenvalue weighted by molar-refractivity contribution is 7.89. The van der Waals surface area contributed by atoms with E-state index in [-0.39, 0.29) is 18.2 Å². The molecule has 0 amide bonds. The highest BCUT2D eigenvalue weighted by atomic mass is 32.2. The van der Waals surface area contributed by atoms with Crippen molar-refractivity contribution < 1.29 is 27.4 Å². The van der Waals surface area contributed by atoms with Gasteiger partial charge in [0.1, 0.15) is 10.7 Å². The molecule has 0 spiro atoms. The van der Waals surface area contributed by atoms with E-state index >= 15 is 0 Å². The van der Waals surface area contributed by atoms with E-state index in [0.717, 1.165) is 25.2 Å². The molecule has 0 aromatic heterocycles. The molecule has 0 bridgehead atoms. The Bertz CT molecular complexity index is 723. The van der Waals surface area contributed by atoms with Gasteiger partial charge in [-0.05, 0) is 24.1 Å². The van der Waals surface area contributed by atoms with Crippen molar-refractivity contribution in [3.63, 3.8) is 0 Å². The topological polar surface area (TPSA) is 95.9 Å². The number of benzene rings is 1. The first-order valence-electron chi connectivity index (χ1n) is 8.05. The van der Waals surface area contributed by atoms with Crippen LogP contribution >= 0.6 is 0 Å². The van der Waals surface area contributed by atoms with Gasteiger partial charge in [-0.2, -0.15) is 0 Å². The van der Waals surface area contributed by atoms with Crippen LogP contribution in [0, 0.1) is 11.7 Å². The van der Waals surface area contributed by atoms with Crippen molar-refractivity contribution >= 4 is 16.0 Å². The second-order valence-corrected chi connectivity index (χ2v) is 8.18. The number of rotatable bonds is 7. The number of nitrogens with one attached hydrogen (secondary N) is 1. The molecule has 25 heavy (non-hydrogen) atoms. The zero-order chi connectivity index (χ0) is 18.6. The summed E-state index contributed by atoms with van der Waals surface area (Å²) in [6.07, 6.45) is -0.316. The molecular formula is C16H23FN2O5S. The molecule has 1 aliphatic heterocycles. The fraction of sp³-hybridized carbons (Fsp3) is 0.562. The number of sulfonamides is 1. The Morgan fingerprint density at radius 2 is 2.20 bits per heavy atom. The number of carbonyl (C=O) groups is 1. The van der Waals surface area contributed by atoms with Crippen LogP contribution in [0.2, 0.25) is 0 Å². The summed E-state index contributed by atoms with van der Waals surface area (Å²) in [6.45, 7) is 7.05. The predicted octanol–water partition coefficient (Wildman–Crippen LogP) is 1.16. The number of carboxylic acids is 1. The van der Waals surface area contributed by atoms with Gasteiger partial charge in [-0.25, -0.2) is 22.3 Å². The Morgan fingerprint density at radius 1 is 1.48 bits per heavy atom. The van der Waals surface area contributed by atoms with Gasteiger partial charge in [0, 0.05) is 26.2 Å². The summed E-state index contributed by atoms with van der Waals surface area (Å²) < 4.78 is 46.4. The molecule has 1 heterocycles. The van der Waals surface area contributed by atoms with Crippen LogP contribution in [0.1, 0.15) is 24.2 Å². The van der Waals surface area contributed by atoms with Crippen LogP contribution < -0.4 is 4.72 Å². The number of morpholine rings is 1. The van der Waals surface area contributed by atoms with E-state index in [1.807, 2.05) is 0 Å². The van der Waals surface area contributed by atoms with E-state index in [9.17, 15) is 17.6 Å². The number of halogens is 1. The van der Waals surface area contributed by atoms with E-state index in [4.69, 9.17) is 9.84 Å². The summed E-state index contributed by atoms with van der Waals surface area (Å²) in [5.74, 6) is -1.92. The first kappa shape index (κ1) is 19.8. The third kappa shape index (κ3) is 5.46. The van der Waals surface area contributed by atoms with Crippen LogP contribution in [0.3, 0.4) is 0 Å². The van der Waals surface area contributed by atoms with Gasteiger partial charge >= 0.3 is 5.97 Å². The lowest BCUT2D eigenvalue weighted by Gasteiger charge is -2.33. The first-order valence-corrected chi connectivity index (χ1v) is 9.54. The third-order valence-electron chi connectivity index (χ3n) is 3.82. The molecule has 2 rings (SSSR count). The number of nitrogens with zero attached hydrogens (tertiary/aromatic N) is 1. The standard InChI is InChI=1S/C16H23FN2O5S/c1-11(2)9-19-5-6-24-13(10-19)8-18-25(22,23)15-4-3-12(16(20)21)7-14(15)17/h3-4,7,11,13,18H,5-6,8-10H2,1-2H3,(H,20,21). The van der Waals surface area contributed by atoms with Crippen LogP contribution in [0.4, 0.5) is 4.39 Å². The summed E-state index contributed by atoms with van der Waals surface area (Å²) in [5, 5.41) is 8.81. The summed E-state index contributed by atoms with van der Waals surface area (Å²) in [4.78, 5) is 12.4. The highest BCUT2D eigenvalue weighted by Crippen LogP contribution is 2.16. The maximum absolute atomic E-state index is 14.0. The van der Waals surface area contributed by atoms with E-state index in [1.165, 1.54) is 0 Å². The third-order valence-corrected chi connectivity index (χ3v) is 5.27. The van der Waals surface area contributed by atoms with Crippen LogP contribution in [-0.2, 0) is 14.8 Å². The molecule has 1 fully saturated rings. The summed E-state index contributed by atoms with van der Waals surface area (Å²) >= 11 is 0. The van der Waals surface area contributed by atoms with Gasteiger partial charge < -0.3 is 9.84 Å². The lowest BCUT2D eigenvalue weighted by atomic mass is 10.2. The SMILES string of the molecule is CC(C)CN1CCOC(CNS(=O)(=O)c2ccc(C(=O)O)cc2F)C1. The Balaban J connectivity index is 2.00. The van der Waals surface area contributed by atoms with Gasteiger partial charge in [0.05, 0.1) is 18.3 Å². The van der Waals surface area contributed by atoms with Gasteiger partial charge in [-0.15, -0.1) is 0 Å². The molecular weight excluding hydrogens is 351 g/mol. The number of hydrogen-bond donors (Lipinski definition) is 2. The lowest BCUT2D eigenvalue weighted by molar-refractivity contribution is -0.0280. The first-order chi connectivity index (χ1) is 11.7. The van der Waals surface area contributed by atoms with Crippen LogP contribution in [0.15, 0.2) is 23.1 Å². The quantitative estimate of drug-likeness (QED) is 0.744. The van der Waals surface area contributed by atoms with Gasteiger partial charge in [0.2, 0.25) is 10.0 Å². The molecule has 140 valence electrons. The molecule has 1 aromatic rings. The minimum Gasteiger partial charge on any atom is -0.478 e. The van der Waals surface area contributed by atoms with Crippen LogP contribution in [0.5, 0.6) is 0 Å². The summed E-state index contributed by atoms with van der Waals surface area (Å²) in [7, 11) is -4.09. The number of aromatic carboxylic acids is 1. The molecule has 1 aliphatic rings. The van der Waals surface area contributed by atoms with Crippen molar-refractivity contribution in [3.8, 4) is 0 Å². The van der Waals surface area contributed by atoms with Gasteiger partial charge in [0.15, 0.2) is 0 Å². The smallest absolute Gasteiger partial charge is 0.335 e. The largest absolute Gasteiger partial charge is 0.478 e. The fourth-order valence-electron chi connectivity index (χ4n) is 2.72. The number of hydrogen-bond acceptors (Lipinski definition) is 5. The molecule has 7 nitrogen and oxygen atoms in total. The molecule has 9 heteroatoms. The van der Waals surface area contributed by atoms with E-state index in [2.05, 4.69) is 23.5 Å². The van der Waals surface area contributed by atoms with Crippen molar-refractivity contribution in [1.29, 1.82) is 0 Å². The monoisotopic (exact) mass is 374 g/mol. The maximum Gasteiger partial charge on any atom is 0.335 e. The van der Waals surface area contributed by atoms with E-state index < -0.39 is 26.7 Å². The molecule has 2 N–H and O–H groups in total. The molecule has 1 unspecified atom stereocenters. The zero-order valence-electron chi connectivity index (χ0n) is 14.2. The minimum absolute atomic E-state index is 0.0249. The van der Waals surface area contributed by atoms with Crippen molar-refractivity contribution in [2.24, 2.45) is 5.92 Å². The summed E-state index contributed by atoms with van der Waals surface area (Å²) in [5.41, 5.74) is -0.309. The van der Waals surface area contributed by atoms with E-state index in [1.54, 1.807) is 0 Å². The van der Waals surface area contributed by atoms with Crippen molar-refractivity contribution in [2.45, 2.75) is 24.8 Å². The summed E-state index contributed by atoms with van der Waals surface area (Å²) in [6, 6.07) is 2.70. The molecule has 0 aliphatic carbocycles. The average Bonchev–Trinajstić information content (AvgIpc) is 2.52. The average molecular weight is 374 g/mol. The Morgan fingerprint density at radius 3 is 2.80 bits per heavy atom. The number of carboxylic acid groups (broad SMARTS) is 1. The fourth-order valence-corrected chi connectivity index (χ4v) is 3.84. The minimum atomic E-state index is -4.09.